The SMILES string of the molecule is C=C1CCC(O[Si](C(C)C)(C(C)C)C(C)C)CC1=CC=C1CCC[C@]2(C)[C@@H](CC)CC[C@@H]12. The van der Waals surface area contributed by atoms with Crippen LogP contribution in [0.25, 0.3) is 0 Å². The minimum Gasteiger partial charge on any atom is -0.413 e. The zero-order valence-electron chi connectivity index (χ0n) is 22.6. The molecule has 3 saturated carbocycles. The summed E-state index contributed by atoms with van der Waals surface area (Å²) in [5, 5.41) is 0. The molecule has 182 valence electrons. The number of hydrogen-bond acceptors (Lipinski definition) is 1. The van der Waals surface area contributed by atoms with Crippen molar-refractivity contribution in [3.63, 3.8) is 0 Å². The second-order valence-electron chi connectivity index (χ2n) is 12.4. The molecule has 3 rings (SSSR count). The smallest absolute Gasteiger partial charge is 0.200 e. The van der Waals surface area contributed by atoms with Gasteiger partial charge in [0.15, 0.2) is 0 Å². The molecular weight excluding hydrogens is 404 g/mol. The molecule has 0 aromatic rings. The van der Waals surface area contributed by atoms with Gasteiger partial charge in [0.2, 0.25) is 8.32 Å². The zero-order valence-corrected chi connectivity index (χ0v) is 23.6. The van der Waals surface area contributed by atoms with Gasteiger partial charge in [0.1, 0.15) is 0 Å². The van der Waals surface area contributed by atoms with Crippen LogP contribution in [-0.4, -0.2) is 14.4 Å². The Bertz CT molecular complexity index is 705. The summed E-state index contributed by atoms with van der Waals surface area (Å²) in [6.07, 6.45) is 17.0. The zero-order chi connectivity index (χ0) is 23.7. The van der Waals surface area contributed by atoms with Gasteiger partial charge in [-0.25, -0.2) is 0 Å². The maximum absolute atomic E-state index is 7.18. The molecule has 0 saturated heterocycles. The molecule has 0 heterocycles. The third-order valence-electron chi connectivity index (χ3n) is 9.90. The van der Waals surface area contributed by atoms with Crippen molar-refractivity contribution in [3.8, 4) is 0 Å². The van der Waals surface area contributed by atoms with Crippen LogP contribution in [0.2, 0.25) is 16.6 Å². The number of allylic oxidation sites excluding steroid dienone is 4. The van der Waals surface area contributed by atoms with E-state index >= 15 is 0 Å². The lowest BCUT2D eigenvalue weighted by Crippen LogP contribution is -2.50. The van der Waals surface area contributed by atoms with Gasteiger partial charge in [-0.2, -0.15) is 0 Å². The van der Waals surface area contributed by atoms with E-state index in [0.29, 0.717) is 28.1 Å². The first kappa shape index (κ1) is 26.0. The average molecular weight is 457 g/mol. The molecular formula is C30H52OSi. The van der Waals surface area contributed by atoms with Gasteiger partial charge in [-0.3, -0.25) is 0 Å². The van der Waals surface area contributed by atoms with E-state index in [2.05, 4.69) is 74.1 Å². The van der Waals surface area contributed by atoms with Crippen molar-refractivity contribution in [1.29, 1.82) is 0 Å². The number of rotatable bonds is 7. The molecule has 1 nitrogen and oxygen atoms in total. The fourth-order valence-electron chi connectivity index (χ4n) is 8.20. The molecule has 0 aromatic carbocycles. The Morgan fingerprint density at radius 3 is 2.25 bits per heavy atom. The van der Waals surface area contributed by atoms with Crippen LogP contribution in [0.15, 0.2) is 35.5 Å². The van der Waals surface area contributed by atoms with E-state index in [4.69, 9.17) is 4.43 Å². The van der Waals surface area contributed by atoms with Crippen molar-refractivity contribution >= 4 is 8.32 Å². The van der Waals surface area contributed by atoms with Gasteiger partial charge in [0.05, 0.1) is 0 Å². The standard InChI is InChI=1S/C30H52OSi/c1-10-27-16-18-29-25(12-11-19-30(27,29)9)14-15-26-20-28(17-13-24(26)8)31-32(21(2)3,22(4)5)23(6)7/h14-15,21-23,27-29H,8,10-13,16-20H2,1-7,9H3/t27-,28?,29-,30+/m0/s1. The van der Waals surface area contributed by atoms with Crippen LogP contribution in [0, 0.1) is 17.3 Å². The molecule has 4 atom stereocenters. The Balaban J connectivity index is 1.79. The van der Waals surface area contributed by atoms with Gasteiger partial charge in [0.25, 0.3) is 0 Å². The van der Waals surface area contributed by atoms with E-state index in [9.17, 15) is 0 Å². The lowest BCUT2D eigenvalue weighted by molar-refractivity contribution is 0.133. The van der Waals surface area contributed by atoms with Gasteiger partial charge >= 0.3 is 0 Å². The molecule has 0 radical (unpaired) electrons. The summed E-state index contributed by atoms with van der Waals surface area (Å²) >= 11 is 0. The van der Waals surface area contributed by atoms with Crippen LogP contribution >= 0.6 is 0 Å². The first-order valence-electron chi connectivity index (χ1n) is 13.8. The summed E-state index contributed by atoms with van der Waals surface area (Å²) in [7, 11) is -1.83. The molecule has 32 heavy (non-hydrogen) atoms. The van der Waals surface area contributed by atoms with E-state index in [1.54, 1.807) is 5.57 Å². The van der Waals surface area contributed by atoms with Crippen molar-refractivity contribution < 1.29 is 4.43 Å². The molecule has 0 amide bonds. The largest absolute Gasteiger partial charge is 0.413 e. The first-order valence-corrected chi connectivity index (χ1v) is 16.0. The van der Waals surface area contributed by atoms with Gasteiger partial charge in [-0.15, -0.1) is 0 Å². The molecule has 1 unspecified atom stereocenters. The molecule has 0 aromatic heterocycles. The minimum absolute atomic E-state index is 0.372. The van der Waals surface area contributed by atoms with E-state index < -0.39 is 8.32 Å². The van der Waals surface area contributed by atoms with E-state index in [1.807, 2.05) is 0 Å². The minimum atomic E-state index is -1.83. The summed E-state index contributed by atoms with van der Waals surface area (Å²) in [4.78, 5) is 0. The summed E-state index contributed by atoms with van der Waals surface area (Å²) in [5.41, 5.74) is 7.04. The second-order valence-corrected chi connectivity index (χ2v) is 17.8. The molecule has 2 heteroatoms. The van der Waals surface area contributed by atoms with Gasteiger partial charge in [-0.05, 0) is 90.8 Å². The molecule has 0 bridgehead atoms. The fourth-order valence-corrected chi connectivity index (χ4v) is 13.8. The first-order chi connectivity index (χ1) is 15.1. The highest BCUT2D eigenvalue weighted by molar-refractivity contribution is 6.77. The predicted octanol–water partition coefficient (Wildman–Crippen LogP) is 9.77. The Labute approximate surface area is 201 Å². The maximum Gasteiger partial charge on any atom is 0.200 e. The third-order valence-corrected chi connectivity index (χ3v) is 16.1. The summed E-state index contributed by atoms with van der Waals surface area (Å²) < 4.78 is 7.18. The lowest BCUT2D eigenvalue weighted by Gasteiger charge is -2.45. The van der Waals surface area contributed by atoms with Crippen molar-refractivity contribution in [2.75, 3.05) is 0 Å². The highest BCUT2D eigenvalue weighted by Crippen LogP contribution is 2.58. The Morgan fingerprint density at radius 1 is 1.00 bits per heavy atom. The summed E-state index contributed by atoms with van der Waals surface area (Å²) in [6, 6.07) is 0. The third kappa shape index (κ3) is 4.78. The van der Waals surface area contributed by atoms with Gasteiger partial charge in [-0.1, -0.05) is 91.7 Å². The quantitative estimate of drug-likeness (QED) is 0.346. The second kappa shape index (κ2) is 10.3. The topological polar surface area (TPSA) is 9.23 Å². The van der Waals surface area contributed by atoms with E-state index in [1.165, 1.54) is 49.7 Å². The molecule has 0 N–H and O–H groups in total. The Morgan fingerprint density at radius 2 is 1.66 bits per heavy atom. The van der Waals surface area contributed by atoms with Crippen LogP contribution in [0.1, 0.15) is 113 Å². The van der Waals surface area contributed by atoms with Crippen molar-refractivity contribution in [2.24, 2.45) is 17.3 Å². The fraction of sp³-hybridized carbons (Fsp3) is 0.800. The average Bonchev–Trinajstić information content (AvgIpc) is 3.07. The monoisotopic (exact) mass is 456 g/mol. The molecule has 0 aliphatic heterocycles. The van der Waals surface area contributed by atoms with Gasteiger partial charge in [0, 0.05) is 6.10 Å². The Kier molecular flexibility index (Phi) is 8.41. The van der Waals surface area contributed by atoms with Crippen LogP contribution in [0.4, 0.5) is 0 Å². The highest BCUT2D eigenvalue weighted by Gasteiger charge is 2.48. The van der Waals surface area contributed by atoms with Crippen molar-refractivity contribution in [1.82, 2.24) is 0 Å². The molecule has 3 aliphatic carbocycles. The van der Waals surface area contributed by atoms with Crippen molar-refractivity contribution in [2.45, 2.75) is 136 Å². The lowest BCUT2D eigenvalue weighted by atomic mass is 9.63. The highest BCUT2D eigenvalue weighted by atomic mass is 28.4. The Hall–Kier alpha value is -0.603. The van der Waals surface area contributed by atoms with E-state index in [-0.39, 0.29) is 0 Å². The van der Waals surface area contributed by atoms with E-state index in [0.717, 1.165) is 31.1 Å². The number of fused-ring (bicyclic) bond motifs is 1. The molecule has 3 aliphatic rings. The van der Waals surface area contributed by atoms with Crippen LogP contribution in [-0.2, 0) is 4.43 Å². The van der Waals surface area contributed by atoms with Gasteiger partial charge < -0.3 is 4.43 Å². The van der Waals surface area contributed by atoms with Crippen LogP contribution < -0.4 is 0 Å². The molecule has 3 fully saturated rings. The van der Waals surface area contributed by atoms with Crippen molar-refractivity contribution in [3.05, 3.63) is 35.5 Å². The predicted molar refractivity (Wildman–Crippen MR) is 144 cm³/mol. The normalized spacial score (nSPS) is 34.3. The summed E-state index contributed by atoms with van der Waals surface area (Å²) in [6.45, 7) is 23.9. The van der Waals surface area contributed by atoms with Crippen LogP contribution in [0.5, 0.6) is 0 Å². The molecule has 0 spiro atoms. The van der Waals surface area contributed by atoms with Crippen LogP contribution in [0.3, 0.4) is 0 Å². The number of hydrogen-bond donors (Lipinski definition) is 0. The summed E-state index contributed by atoms with van der Waals surface area (Å²) in [5.74, 6) is 1.73. The maximum atomic E-state index is 7.18.